The summed E-state index contributed by atoms with van der Waals surface area (Å²) in [6, 6.07) is 35.2. The number of unbranched alkanes of at least 4 members (excludes halogenated alkanes) is 3. The number of nitriles is 1. The van der Waals surface area contributed by atoms with Crippen molar-refractivity contribution in [1.29, 1.82) is 5.26 Å². The van der Waals surface area contributed by atoms with Crippen LogP contribution in [-0.2, 0) is 9.27 Å². The van der Waals surface area contributed by atoms with Crippen molar-refractivity contribution in [3.05, 3.63) is 108 Å². The van der Waals surface area contributed by atoms with Crippen molar-refractivity contribution in [3.63, 3.8) is 0 Å². The predicted octanol–water partition coefficient (Wildman–Crippen LogP) is 9.30. The maximum Gasteiger partial charge on any atom is 0.256 e. The second-order valence-electron chi connectivity index (χ2n) is 10.7. The molecule has 0 aliphatic rings. The first-order chi connectivity index (χ1) is 19.4. The first-order valence-corrected chi connectivity index (χ1v) is 16.7. The topological polar surface area (TPSA) is 56.5 Å². The van der Waals surface area contributed by atoms with Crippen LogP contribution in [-0.4, -0.2) is 33.5 Å². The Hall–Kier alpha value is -2.19. The summed E-state index contributed by atoms with van der Waals surface area (Å²) in [4.78, 5) is 10.7. The van der Waals surface area contributed by atoms with Gasteiger partial charge in [0.25, 0.3) is 8.53 Å². The van der Waals surface area contributed by atoms with E-state index in [-0.39, 0.29) is 22.9 Å². The first kappa shape index (κ1) is 32.3. The summed E-state index contributed by atoms with van der Waals surface area (Å²) in [5.41, 5.74) is 3.89. The van der Waals surface area contributed by atoms with Gasteiger partial charge in [0.2, 0.25) is 0 Å². The second-order valence-corrected chi connectivity index (χ2v) is 13.2. The predicted molar refractivity (Wildman–Crippen MR) is 171 cm³/mol. The van der Waals surface area contributed by atoms with E-state index in [0.29, 0.717) is 6.42 Å². The molecule has 0 amide bonds. The van der Waals surface area contributed by atoms with Crippen LogP contribution < -0.4 is 0 Å². The van der Waals surface area contributed by atoms with E-state index in [1.807, 2.05) is 16.4 Å². The normalized spacial score (nSPS) is 13.5. The minimum Gasteiger partial charge on any atom is -0.338 e. The molecule has 0 saturated heterocycles. The molecule has 4 nitrogen and oxygen atoms in total. The quantitative estimate of drug-likeness (QED) is 0.0986. The van der Waals surface area contributed by atoms with Crippen molar-refractivity contribution in [1.82, 2.24) is 4.67 Å². The lowest BCUT2D eigenvalue weighted by Crippen LogP contribution is -2.33. The van der Waals surface area contributed by atoms with Gasteiger partial charge in [0, 0.05) is 12.1 Å². The number of hydrogen-bond donors (Lipinski definition) is 1. The van der Waals surface area contributed by atoms with Crippen LogP contribution in [0.25, 0.3) is 0 Å². The average Bonchev–Trinajstić information content (AvgIpc) is 2.96. The van der Waals surface area contributed by atoms with E-state index < -0.39 is 8.53 Å². The number of hydrogen-bond acceptors (Lipinski definition) is 5. The number of rotatable bonds is 17. The van der Waals surface area contributed by atoms with Gasteiger partial charge < -0.3 is 9.42 Å². The van der Waals surface area contributed by atoms with E-state index in [1.165, 1.54) is 16.7 Å². The van der Waals surface area contributed by atoms with Gasteiger partial charge in [0.15, 0.2) is 0 Å². The van der Waals surface area contributed by atoms with Crippen LogP contribution in [0.2, 0.25) is 0 Å². The molecule has 0 aliphatic carbocycles. The fourth-order valence-corrected chi connectivity index (χ4v) is 8.20. The summed E-state index contributed by atoms with van der Waals surface area (Å²) < 4.78 is 7.74. The maximum absolute atomic E-state index is 10.7. The highest BCUT2D eigenvalue weighted by Gasteiger charge is 2.36. The standard InChI is InChI=1S/C34H45N2O2PS/c1-28(2)36(29(3)4)39(37)38-33(25-26-35)24-16-5-6-17-27-40-34(30-18-10-7-11-19-30,31-20-12-8-13-21-31)32-22-14-9-15-23-32/h7-15,18-23,28-29,33,37H,5-6,16-17,24-25,27H2,1-4H3. The lowest BCUT2D eigenvalue weighted by molar-refractivity contribution is 0.149. The molecule has 3 aromatic rings. The summed E-state index contributed by atoms with van der Waals surface area (Å²) in [7, 11) is -1.70. The van der Waals surface area contributed by atoms with Gasteiger partial charge in [-0.2, -0.15) is 5.26 Å². The van der Waals surface area contributed by atoms with Crippen LogP contribution in [0.4, 0.5) is 0 Å². The summed E-state index contributed by atoms with van der Waals surface area (Å²) in [5, 5.41) is 9.32. The van der Waals surface area contributed by atoms with E-state index in [0.717, 1.165) is 37.9 Å². The monoisotopic (exact) mass is 576 g/mol. The van der Waals surface area contributed by atoms with E-state index in [2.05, 4.69) is 125 Å². The fraction of sp³-hybridized carbons (Fsp3) is 0.441. The molecule has 0 aromatic heterocycles. The molecular weight excluding hydrogens is 531 g/mol. The molecule has 1 N–H and O–H groups in total. The van der Waals surface area contributed by atoms with Gasteiger partial charge in [0.05, 0.1) is 23.3 Å². The lowest BCUT2D eigenvalue weighted by atomic mass is 9.84. The van der Waals surface area contributed by atoms with Crippen LogP contribution in [0.5, 0.6) is 0 Å². The van der Waals surface area contributed by atoms with E-state index in [9.17, 15) is 10.2 Å². The molecule has 0 bridgehead atoms. The Morgan fingerprint density at radius 1 is 0.775 bits per heavy atom. The Kier molecular flexibility index (Phi) is 13.7. The van der Waals surface area contributed by atoms with Crippen LogP contribution in [0.3, 0.4) is 0 Å². The minimum absolute atomic E-state index is 0.186. The SMILES string of the molecule is CC(C)N(C(C)C)P(O)OC(CC#N)CCCCCCSC(c1ccccc1)(c1ccccc1)c1ccccc1. The van der Waals surface area contributed by atoms with Gasteiger partial charge in [0.1, 0.15) is 0 Å². The van der Waals surface area contributed by atoms with Crippen molar-refractivity contribution in [2.45, 2.75) is 89.2 Å². The van der Waals surface area contributed by atoms with Gasteiger partial charge >= 0.3 is 0 Å². The van der Waals surface area contributed by atoms with E-state index >= 15 is 0 Å². The van der Waals surface area contributed by atoms with Gasteiger partial charge in [-0.05, 0) is 63.0 Å². The number of benzene rings is 3. The van der Waals surface area contributed by atoms with Gasteiger partial charge in [-0.25, -0.2) is 4.67 Å². The van der Waals surface area contributed by atoms with Crippen LogP contribution in [0, 0.1) is 11.3 Å². The Morgan fingerprint density at radius 2 is 1.23 bits per heavy atom. The molecular formula is C34H45N2O2PS. The van der Waals surface area contributed by atoms with Crippen molar-refractivity contribution >= 4 is 20.3 Å². The van der Waals surface area contributed by atoms with Crippen molar-refractivity contribution in [2.24, 2.45) is 0 Å². The van der Waals surface area contributed by atoms with Crippen LogP contribution in [0.15, 0.2) is 91.0 Å². The Morgan fingerprint density at radius 3 is 1.65 bits per heavy atom. The molecule has 2 atom stereocenters. The minimum atomic E-state index is -1.70. The van der Waals surface area contributed by atoms with E-state index in [4.69, 9.17) is 4.52 Å². The Balaban J connectivity index is 1.60. The largest absolute Gasteiger partial charge is 0.338 e. The Labute approximate surface area is 247 Å². The molecule has 0 fully saturated rings. The molecule has 3 aromatic carbocycles. The number of nitrogens with zero attached hydrogens (tertiary/aromatic N) is 2. The molecule has 214 valence electrons. The second kappa shape index (κ2) is 16.9. The van der Waals surface area contributed by atoms with Crippen molar-refractivity contribution < 1.29 is 9.42 Å². The molecule has 2 unspecified atom stereocenters. The smallest absolute Gasteiger partial charge is 0.256 e. The van der Waals surface area contributed by atoms with E-state index in [1.54, 1.807) is 0 Å². The summed E-state index contributed by atoms with van der Waals surface area (Å²) in [6.07, 6.45) is 5.20. The van der Waals surface area contributed by atoms with Gasteiger partial charge in [-0.15, -0.1) is 11.8 Å². The zero-order valence-electron chi connectivity index (χ0n) is 24.4. The summed E-state index contributed by atoms with van der Waals surface area (Å²) >= 11 is 2.01. The maximum atomic E-state index is 10.7. The molecule has 40 heavy (non-hydrogen) atoms. The average molecular weight is 577 g/mol. The molecule has 0 radical (unpaired) electrons. The summed E-state index contributed by atoms with van der Waals surface area (Å²) in [6.45, 7) is 8.26. The highest BCUT2D eigenvalue weighted by atomic mass is 32.2. The van der Waals surface area contributed by atoms with Crippen LogP contribution >= 0.6 is 20.3 Å². The summed E-state index contributed by atoms with van der Waals surface area (Å²) in [5.74, 6) is 1.04. The molecule has 0 aliphatic heterocycles. The third-order valence-electron chi connectivity index (χ3n) is 7.10. The van der Waals surface area contributed by atoms with Crippen molar-refractivity contribution in [2.75, 3.05) is 5.75 Å². The molecule has 0 spiro atoms. The third kappa shape index (κ3) is 8.90. The highest BCUT2D eigenvalue weighted by molar-refractivity contribution is 8.00. The molecule has 3 rings (SSSR count). The molecule has 6 heteroatoms. The molecule has 0 heterocycles. The molecule has 0 saturated carbocycles. The third-order valence-corrected chi connectivity index (χ3v) is 10.5. The zero-order chi connectivity index (χ0) is 28.8. The van der Waals surface area contributed by atoms with Gasteiger partial charge in [-0.3, -0.25) is 0 Å². The fourth-order valence-electron chi connectivity index (χ4n) is 5.29. The Bertz CT molecular complexity index is 1030. The first-order valence-electron chi connectivity index (χ1n) is 14.5. The van der Waals surface area contributed by atoms with Crippen molar-refractivity contribution in [3.8, 4) is 6.07 Å². The zero-order valence-corrected chi connectivity index (χ0v) is 26.2. The van der Waals surface area contributed by atoms with Crippen LogP contribution in [0.1, 0.15) is 82.9 Å². The number of thioether (sulfide) groups is 1. The lowest BCUT2D eigenvalue weighted by Gasteiger charge is -2.35. The van der Waals surface area contributed by atoms with Gasteiger partial charge in [-0.1, -0.05) is 110 Å². The highest BCUT2D eigenvalue weighted by Crippen LogP contribution is 2.48.